The van der Waals surface area contributed by atoms with Crippen LogP contribution < -0.4 is 15.4 Å². The smallest absolute Gasteiger partial charge is 0.315 e. The molecule has 1 aromatic rings. The summed E-state index contributed by atoms with van der Waals surface area (Å²) in [6, 6.07) is 4.36. The number of carboxylic acid groups (broad SMARTS) is 1. The number of benzene rings is 1. The molecule has 0 heterocycles. The lowest BCUT2D eigenvalue weighted by Gasteiger charge is -2.16. The molecule has 2 amide bonds. The van der Waals surface area contributed by atoms with E-state index in [2.05, 4.69) is 10.6 Å². The summed E-state index contributed by atoms with van der Waals surface area (Å²) in [4.78, 5) is 22.4. The summed E-state index contributed by atoms with van der Waals surface area (Å²) in [6.45, 7) is 2.00. The maximum atomic E-state index is 11.8. The van der Waals surface area contributed by atoms with Crippen LogP contribution in [0.1, 0.15) is 25.3 Å². The van der Waals surface area contributed by atoms with Crippen molar-refractivity contribution in [3.8, 4) is 5.75 Å². The lowest BCUT2D eigenvalue weighted by Crippen LogP contribution is -2.42. The SMILES string of the molecule is CCC(CC(=O)O)NC(=O)NCc1c(Cl)cccc1OC. The predicted molar refractivity (Wildman–Crippen MR) is 79.7 cm³/mol. The van der Waals surface area contributed by atoms with Gasteiger partial charge in [-0.25, -0.2) is 4.79 Å². The van der Waals surface area contributed by atoms with Gasteiger partial charge in [0.25, 0.3) is 0 Å². The Balaban J connectivity index is 2.59. The molecule has 7 heteroatoms. The van der Waals surface area contributed by atoms with E-state index in [1.165, 1.54) is 7.11 Å². The summed E-state index contributed by atoms with van der Waals surface area (Å²) in [6.07, 6.45) is 0.425. The average Bonchev–Trinajstić information content (AvgIpc) is 2.44. The molecule has 0 aliphatic rings. The van der Waals surface area contributed by atoms with E-state index >= 15 is 0 Å². The molecule has 6 nitrogen and oxygen atoms in total. The summed E-state index contributed by atoms with van der Waals surface area (Å²) >= 11 is 6.06. The topological polar surface area (TPSA) is 87.7 Å². The number of urea groups is 1. The minimum Gasteiger partial charge on any atom is -0.496 e. The van der Waals surface area contributed by atoms with Crippen molar-refractivity contribution in [3.05, 3.63) is 28.8 Å². The van der Waals surface area contributed by atoms with Gasteiger partial charge >= 0.3 is 12.0 Å². The minimum atomic E-state index is -0.949. The van der Waals surface area contributed by atoms with Gasteiger partial charge in [0.15, 0.2) is 0 Å². The van der Waals surface area contributed by atoms with Gasteiger partial charge in [0.1, 0.15) is 5.75 Å². The molecule has 0 aliphatic heterocycles. The normalized spacial score (nSPS) is 11.6. The Labute approximate surface area is 128 Å². The van der Waals surface area contributed by atoms with Crippen LogP contribution in [0.15, 0.2) is 18.2 Å². The molecule has 0 spiro atoms. The molecule has 1 rings (SSSR count). The zero-order valence-corrected chi connectivity index (χ0v) is 12.7. The summed E-state index contributed by atoms with van der Waals surface area (Å²) in [5, 5.41) is 14.5. The van der Waals surface area contributed by atoms with E-state index in [0.29, 0.717) is 22.8 Å². The number of carbonyl (C=O) groups excluding carboxylic acids is 1. The highest BCUT2D eigenvalue weighted by atomic mass is 35.5. The number of halogens is 1. The van der Waals surface area contributed by atoms with Gasteiger partial charge in [-0.1, -0.05) is 24.6 Å². The third kappa shape index (κ3) is 5.51. The van der Waals surface area contributed by atoms with Crippen LogP contribution in [0, 0.1) is 0 Å². The zero-order chi connectivity index (χ0) is 15.8. The summed E-state index contributed by atoms with van der Waals surface area (Å²) in [5.41, 5.74) is 0.670. The highest BCUT2D eigenvalue weighted by molar-refractivity contribution is 6.31. The fourth-order valence-corrected chi connectivity index (χ4v) is 2.05. The van der Waals surface area contributed by atoms with Crippen molar-refractivity contribution >= 4 is 23.6 Å². The van der Waals surface area contributed by atoms with Crippen LogP contribution in [-0.4, -0.2) is 30.3 Å². The number of carboxylic acids is 1. The average molecular weight is 315 g/mol. The van der Waals surface area contributed by atoms with E-state index < -0.39 is 18.0 Å². The maximum Gasteiger partial charge on any atom is 0.315 e. The third-order valence-corrected chi connectivity index (χ3v) is 3.32. The number of carbonyl (C=O) groups is 2. The molecular weight excluding hydrogens is 296 g/mol. The standard InChI is InChI=1S/C14H19ClN2O4/c1-3-9(7-13(18)19)17-14(20)16-8-10-11(15)5-4-6-12(10)21-2/h4-6,9H,3,7-8H2,1-2H3,(H,18,19)(H2,16,17,20). The van der Waals surface area contributed by atoms with Crippen molar-refractivity contribution in [2.24, 2.45) is 0 Å². The number of hydrogen-bond acceptors (Lipinski definition) is 3. The Bertz CT molecular complexity index is 508. The maximum absolute atomic E-state index is 11.8. The fraction of sp³-hybridized carbons (Fsp3) is 0.429. The number of ether oxygens (including phenoxy) is 1. The summed E-state index contributed by atoms with van der Waals surface area (Å²) in [7, 11) is 1.52. The molecule has 1 unspecified atom stereocenters. The number of rotatable bonds is 7. The van der Waals surface area contributed by atoms with Crippen molar-refractivity contribution in [3.63, 3.8) is 0 Å². The van der Waals surface area contributed by atoms with E-state index in [1.807, 2.05) is 6.92 Å². The van der Waals surface area contributed by atoms with Crippen LogP contribution in [0.3, 0.4) is 0 Å². The second-order valence-electron chi connectivity index (χ2n) is 4.45. The zero-order valence-electron chi connectivity index (χ0n) is 12.0. The number of hydrogen-bond donors (Lipinski definition) is 3. The van der Waals surface area contributed by atoms with Crippen molar-refractivity contribution < 1.29 is 19.4 Å². The highest BCUT2D eigenvalue weighted by Gasteiger charge is 2.15. The number of aliphatic carboxylic acids is 1. The Kier molecular flexibility index (Phi) is 6.81. The molecular formula is C14H19ClN2O4. The first-order chi connectivity index (χ1) is 9.97. The van der Waals surface area contributed by atoms with Crippen LogP contribution in [0.2, 0.25) is 5.02 Å². The van der Waals surface area contributed by atoms with Crippen LogP contribution in [-0.2, 0) is 11.3 Å². The molecule has 116 valence electrons. The van der Waals surface area contributed by atoms with Crippen molar-refractivity contribution in [2.45, 2.75) is 32.4 Å². The molecule has 0 radical (unpaired) electrons. The molecule has 21 heavy (non-hydrogen) atoms. The van der Waals surface area contributed by atoms with Crippen molar-refractivity contribution in [1.82, 2.24) is 10.6 Å². The van der Waals surface area contributed by atoms with Gasteiger partial charge in [0.05, 0.1) is 13.5 Å². The van der Waals surface area contributed by atoms with Gasteiger partial charge in [-0.3, -0.25) is 4.79 Å². The van der Waals surface area contributed by atoms with E-state index in [0.717, 1.165) is 0 Å². The van der Waals surface area contributed by atoms with Gasteiger partial charge in [-0.05, 0) is 18.6 Å². The minimum absolute atomic E-state index is 0.112. The monoisotopic (exact) mass is 314 g/mol. The second kappa shape index (κ2) is 8.36. The summed E-state index contributed by atoms with van der Waals surface area (Å²) < 4.78 is 5.18. The number of methoxy groups -OCH3 is 1. The first-order valence-electron chi connectivity index (χ1n) is 6.55. The number of nitrogens with one attached hydrogen (secondary N) is 2. The van der Waals surface area contributed by atoms with Crippen LogP contribution in [0.4, 0.5) is 4.79 Å². The fourth-order valence-electron chi connectivity index (χ4n) is 1.81. The van der Waals surface area contributed by atoms with Crippen LogP contribution in [0.25, 0.3) is 0 Å². The Morgan fingerprint density at radius 2 is 2.14 bits per heavy atom. The third-order valence-electron chi connectivity index (χ3n) is 2.97. The molecule has 0 bridgehead atoms. The van der Waals surface area contributed by atoms with Gasteiger partial charge in [0.2, 0.25) is 0 Å². The number of amides is 2. The molecule has 0 aromatic heterocycles. The first kappa shape index (κ1) is 17.1. The van der Waals surface area contributed by atoms with Crippen molar-refractivity contribution in [2.75, 3.05) is 7.11 Å². The lowest BCUT2D eigenvalue weighted by atomic mass is 10.1. The van der Waals surface area contributed by atoms with Gasteiger partial charge in [0, 0.05) is 23.2 Å². The van der Waals surface area contributed by atoms with Crippen molar-refractivity contribution in [1.29, 1.82) is 0 Å². The first-order valence-corrected chi connectivity index (χ1v) is 6.93. The quantitative estimate of drug-likeness (QED) is 0.721. The Hall–Kier alpha value is -1.95. The molecule has 0 saturated carbocycles. The highest BCUT2D eigenvalue weighted by Crippen LogP contribution is 2.25. The molecule has 3 N–H and O–H groups in total. The lowest BCUT2D eigenvalue weighted by molar-refractivity contribution is -0.137. The second-order valence-corrected chi connectivity index (χ2v) is 4.86. The molecule has 0 saturated heterocycles. The van der Waals surface area contributed by atoms with E-state index in [4.69, 9.17) is 21.4 Å². The van der Waals surface area contributed by atoms with E-state index in [1.54, 1.807) is 18.2 Å². The molecule has 1 aromatic carbocycles. The largest absolute Gasteiger partial charge is 0.496 e. The van der Waals surface area contributed by atoms with Gasteiger partial charge in [-0.2, -0.15) is 0 Å². The Morgan fingerprint density at radius 3 is 2.71 bits per heavy atom. The molecule has 0 fully saturated rings. The molecule has 0 aliphatic carbocycles. The Morgan fingerprint density at radius 1 is 1.43 bits per heavy atom. The molecule has 1 atom stereocenters. The van der Waals surface area contributed by atoms with E-state index in [-0.39, 0.29) is 13.0 Å². The van der Waals surface area contributed by atoms with Crippen LogP contribution >= 0.6 is 11.6 Å². The van der Waals surface area contributed by atoms with Gasteiger partial charge < -0.3 is 20.5 Å². The van der Waals surface area contributed by atoms with Gasteiger partial charge in [-0.15, -0.1) is 0 Å². The summed E-state index contributed by atoms with van der Waals surface area (Å²) in [5.74, 6) is -0.365. The predicted octanol–water partition coefficient (Wildman–Crippen LogP) is 2.40. The van der Waals surface area contributed by atoms with Crippen LogP contribution in [0.5, 0.6) is 5.75 Å². The van der Waals surface area contributed by atoms with E-state index in [9.17, 15) is 9.59 Å².